The molecule has 2 heterocycles. The summed E-state index contributed by atoms with van der Waals surface area (Å²) in [4.78, 5) is 15.4. The third-order valence-corrected chi connectivity index (χ3v) is 7.54. The van der Waals surface area contributed by atoms with Gasteiger partial charge >= 0.3 is 0 Å². The van der Waals surface area contributed by atoms with Gasteiger partial charge < -0.3 is 14.8 Å². The minimum Gasteiger partial charge on any atom is -0.491 e. The quantitative estimate of drug-likeness (QED) is 0.668. The maximum atomic E-state index is 12.8. The van der Waals surface area contributed by atoms with Gasteiger partial charge in [-0.1, -0.05) is 18.2 Å². The third kappa shape index (κ3) is 5.42. The molecule has 2 fully saturated rings. The van der Waals surface area contributed by atoms with Crippen LogP contribution in [0, 0.1) is 0 Å². The number of hydrogen-bond donors (Lipinski definition) is 1. The average Bonchev–Trinajstić information content (AvgIpc) is 3.57. The summed E-state index contributed by atoms with van der Waals surface area (Å²) in [5.41, 5.74) is 4.94. The summed E-state index contributed by atoms with van der Waals surface area (Å²) >= 11 is 0. The van der Waals surface area contributed by atoms with Crippen LogP contribution in [0.4, 0.5) is 0 Å². The highest BCUT2D eigenvalue weighted by Gasteiger charge is 2.24. The molecule has 33 heavy (non-hydrogen) atoms. The molecule has 0 saturated carbocycles. The normalized spacial score (nSPS) is 23.8. The first-order valence-corrected chi connectivity index (χ1v) is 12.7. The fourth-order valence-corrected chi connectivity index (χ4v) is 5.43. The maximum absolute atomic E-state index is 12.8. The lowest BCUT2D eigenvalue weighted by Gasteiger charge is -2.28. The van der Waals surface area contributed by atoms with E-state index in [1.807, 2.05) is 24.3 Å². The van der Waals surface area contributed by atoms with Gasteiger partial charge in [0.15, 0.2) is 0 Å². The van der Waals surface area contributed by atoms with Gasteiger partial charge in [0.1, 0.15) is 12.4 Å². The molecule has 2 saturated heterocycles. The molecule has 1 unspecified atom stereocenters. The molecular formula is C28H36N2O3. The molecule has 2 aliphatic heterocycles. The lowest BCUT2D eigenvalue weighted by atomic mass is 9.86. The molecule has 5 heteroatoms. The van der Waals surface area contributed by atoms with E-state index in [4.69, 9.17) is 9.47 Å². The number of amides is 1. The van der Waals surface area contributed by atoms with E-state index in [-0.39, 0.29) is 18.1 Å². The molecule has 2 aromatic carbocycles. The molecule has 5 nitrogen and oxygen atoms in total. The van der Waals surface area contributed by atoms with Gasteiger partial charge in [-0.05, 0) is 106 Å². The van der Waals surface area contributed by atoms with Crippen LogP contribution in [0.3, 0.4) is 0 Å². The summed E-state index contributed by atoms with van der Waals surface area (Å²) in [6.45, 7) is 6.17. The van der Waals surface area contributed by atoms with Crippen molar-refractivity contribution >= 4 is 5.91 Å². The van der Waals surface area contributed by atoms with Crippen molar-refractivity contribution in [2.75, 3.05) is 26.3 Å². The molecule has 2 aromatic rings. The van der Waals surface area contributed by atoms with E-state index in [0.717, 1.165) is 44.5 Å². The SMILES string of the molecule is CC(c1ccc2c(c1)CC[C@H](NC(=O)c1ccc(OC[C@@H]3CCCO3)cc1)C2)N1CCCC1. The Hall–Kier alpha value is -2.37. The zero-order valence-electron chi connectivity index (χ0n) is 19.7. The highest BCUT2D eigenvalue weighted by molar-refractivity contribution is 5.94. The number of hydrogen-bond acceptors (Lipinski definition) is 4. The Kier molecular flexibility index (Phi) is 6.98. The van der Waals surface area contributed by atoms with Crippen molar-refractivity contribution < 1.29 is 14.3 Å². The molecule has 0 aromatic heterocycles. The fourth-order valence-electron chi connectivity index (χ4n) is 5.43. The van der Waals surface area contributed by atoms with E-state index in [9.17, 15) is 4.79 Å². The van der Waals surface area contributed by atoms with Crippen LogP contribution in [0.2, 0.25) is 0 Å². The maximum Gasteiger partial charge on any atom is 0.251 e. The number of fused-ring (bicyclic) bond motifs is 1. The van der Waals surface area contributed by atoms with Crippen molar-refractivity contribution in [2.45, 2.75) is 70.1 Å². The first-order chi connectivity index (χ1) is 16.2. The van der Waals surface area contributed by atoms with Crippen LogP contribution in [-0.4, -0.2) is 49.3 Å². The fraction of sp³-hybridized carbons (Fsp3) is 0.536. The van der Waals surface area contributed by atoms with Crippen LogP contribution in [0.1, 0.15) is 72.1 Å². The number of ether oxygens (including phenoxy) is 2. The van der Waals surface area contributed by atoms with Gasteiger partial charge in [-0.15, -0.1) is 0 Å². The summed E-state index contributed by atoms with van der Waals surface area (Å²) in [5.74, 6) is 0.779. The Balaban J connectivity index is 1.14. The molecule has 0 spiro atoms. The van der Waals surface area contributed by atoms with Crippen LogP contribution < -0.4 is 10.1 Å². The Morgan fingerprint density at radius 2 is 1.91 bits per heavy atom. The molecule has 5 rings (SSSR count). The van der Waals surface area contributed by atoms with Crippen LogP contribution in [-0.2, 0) is 17.6 Å². The van der Waals surface area contributed by atoms with Crippen molar-refractivity contribution in [3.05, 3.63) is 64.7 Å². The van der Waals surface area contributed by atoms with E-state index in [1.54, 1.807) is 0 Å². The molecule has 3 atom stereocenters. The third-order valence-electron chi connectivity index (χ3n) is 7.54. The molecular weight excluding hydrogens is 412 g/mol. The number of carbonyl (C=O) groups excluding carboxylic acids is 1. The molecule has 3 aliphatic rings. The molecule has 176 valence electrons. The van der Waals surface area contributed by atoms with Crippen molar-refractivity contribution in [3.63, 3.8) is 0 Å². The van der Waals surface area contributed by atoms with Crippen LogP contribution >= 0.6 is 0 Å². The second kappa shape index (κ2) is 10.3. The second-order valence-electron chi connectivity index (χ2n) is 9.83. The molecule has 0 bridgehead atoms. The van der Waals surface area contributed by atoms with E-state index in [0.29, 0.717) is 18.2 Å². The van der Waals surface area contributed by atoms with E-state index < -0.39 is 0 Å². The summed E-state index contributed by atoms with van der Waals surface area (Å²) < 4.78 is 11.4. The smallest absolute Gasteiger partial charge is 0.251 e. The standard InChI is InChI=1S/C28H36N2O3/c1-20(30-14-2-3-15-30)22-6-7-24-18-25(11-8-23(24)17-22)29-28(31)21-9-12-26(13-10-21)33-19-27-5-4-16-32-27/h6-7,9-10,12-13,17,20,25,27H,2-5,8,11,14-16,18-19H2,1H3,(H,29,31)/t20?,25-,27-/m0/s1. The number of nitrogens with zero attached hydrogens (tertiary/aromatic N) is 1. The lowest BCUT2D eigenvalue weighted by Crippen LogP contribution is -2.38. The summed E-state index contributed by atoms with van der Waals surface area (Å²) in [5, 5.41) is 3.25. The number of rotatable bonds is 7. The molecule has 0 radical (unpaired) electrons. The van der Waals surface area contributed by atoms with E-state index >= 15 is 0 Å². The summed E-state index contributed by atoms with van der Waals surface area (Å²) in [6.07, 6.45) is 7.93. The number of likely N-dealkylation sites (tertiary alicyclic amines) is 1. The van der Waals surface area contributed by atoms with Gasteiger partial charge in [0.25, 0.3) is 5.91 Å². The minimum absolute atomic E-state index is 0.00611. The molecule has 1 aliphatic carbocycles. The van der Waals surface area contributed by atoms with Gasteiger partial charge in [0.05, 0.1) is 6.10 Å². The second-order valence-corrected chi connectivity index (χ2v) is 9.83. The van der Waals surface area contributed by atoms with Crippen molar-refractivity contribution in [1.82, 2.24) is 10.2 Å². The largest absolute Gasteiger partial charge is 0.491 e. The number of nitrogens with one attached hydrogen (secondary N) is 1. The van der Waals surface area contributed by atoms with E-state index in [2.05, 4.69) is 35.3 Å². The Morgan fingerprint density at radius 3 is 2.67 bits per heavy atom. The highest BCUT2D eigenvalue weighted by atomic mass is 16.5. The van der Waals surface area contributed by atoms with Crippen LogP contribution in [0.5, 0.6) is 5.75 Å². The minimum atomic E-state index is -0.00611. The summed E-state index contributed by atoms with van der Waals surface area (Å²) in [6, 6.07) is 15.1. The van der Waals surface area contributed by atoms with Crippen LogP contribution in [0.25, 0.3) is 0 Å². The monoisotopic (exact) mass is 448 g/mol. The Bertz CT molecular complexity index is 946. The molecule has 1 N–H and O–H groups in total. The van der Waals surface area contributed by atoms with Crippen LogP contribution in [0.15, 0.2) is 42.5 Å². The predicted molar refractivity (Wildman–Crippen MR) is 130 cm³/mol. The summed E-state index contributed by atoms with van der Waals surface area (Å²) in [7, 11) is 0. The molecule has 1 amide bonds. The zero-order valence-corrected chi connectivity index (χ0v) is 19.7. The van der Waals surface area contributed by atoms with Gasteiger partial charge in [0.2, 0.25) is 0 Å². The van der Waals surface area contributed by atoms with Gasteiger partial charge in [0, 0.05) is 24.3 Å². The number of aryl methyl sites for hydroxylation is 1. The average molecular weight is 449 g/mol. The van der Waals surface area contributed by atoms with Crippen molar-refractivity contribution in [1.29, 1.82) is 0 Å². The van der Waals surface area contributed by atoms with E-state index in [1.165, 1.54) is 42.6 Å². The first-order valence-electron chi connectivity index (χ1n) is 12.7. The predicted octanol–water partition coefficient (Wildman–Crippen LogP) is 4.69. The Labute approximate surface area is 197 Å². The lowest BCUT2D eigenvalue weighted by molar-refractivity contribution is 0.0679. The Morgan fingerprint density at radius 1 is 1.09 bits per heavy atom. The highest BCUT2D eigenvalue weighted by Crippen LogP contribution is 2.29. The van der Waals surface area contributed by atoms with Crippen molar-refractivity contribution in [2.24, 2.45) is 0 Å². The first kappa shape index (κ1) is 22.4. The van der Waals surface area contributed by atoms with Gasteiger partial charge in [-0.3, -0.25) is 9.69 Å². The van der Waals surface area contributed by atoms with Gasteiger partial charge in [-0.25, -0.2) is 0 Å². The van der Waals surface area contributed by atoms with Gasteiger partial charge in [-0.2, -0.15) is 0 Å². The topological polar surface area (TPSA) is 50.8 Å². The zero-order chi connectivity index (χ0) is 22.6. The number of benzene rings is 2. The number of carbonyl (C=O) groups is 1. The van der Waals surface area contributed by atoms with Crippen molar-refractivity contribution in [3.8, 4) is 5.75 Å².